The standard InChI is InChI=1S/C18H20N6O6S3.Na.H/c25-6-10(26)5-23-18(20-21-22-23)33-8-9-7-32-16-13(15(28)24(16)14(9)17(29)30)19-12(27)4-11-2-1-3-31-11;;/h1-3,10,13,16,25-26H,4-8H2,(H,19,27)(H,29,30);;/t10?,13?,16-;;/m1../s1. The molecular formula is C18H21N6NaO6S3. The molecule has 2 aliphatic rings. The van der Waals surface area contributed by atoms with Crippen molar-refractivity contribution in [3.8, 4) is 0 Å². The summed E-state index contributed by atoms with van der Waals surface area (Å²) in [5, 5.41) is 44.0. The molecule has 4 N–H and O–H groups in total. The summed E-state index contributed by atoms with van der Waals surface area (Å²) in [6.07, 6.45) is -0.861. The summed E-state index contributed by atoms with van der Waals surface area (Å²) in [6, 6.07) is 2.92. The fourth-order valence-corrected chi connectivity index (χ4v) is 6.49. The Labute approximate surface area is 228 Å². The van der Waals surface area contributed by atoms with Crippen LogP contribution in [0, 0.1) is 0 Å². The van der Waals surface area contributed by atoms with Gasteiger partial charge in [0.1, 0.15) is 17.1 Å². The number of carboxylic acid groups (broad SMARTS) is 1. The number of aliphatic carboxylic acids is 1. The summed E-state index contributed by atoms with van der Waals surface area (Å²) in [5.41, 5.74) is 0.442. The number of aliphatic hydroxyl groups is 2. The van der Waals surface area contributed by atoms with Gasteiger partial charge in [0.05, 0.1) is 25.7 Å². The van der Waals surface area contributed by atoms with Crippen molar-refractivity contribution in [3.05, 3.63) is 33.7 Å². The van der Waals surface area contributed by atoms with Crippen LogP contribution >= 0.6 is 34.9 Å². The van der Waals surface area contributed by atoms with Gasteiger partial charge in [-0.05, 0) is 27.4 Å². The number of aromatic nitrogens is 4. The predicted molar refractivity (Wildman–Crippen MR) is 126 cm³/mol. The zero-order valence-electron chi connectivity index (χ0n) is 17.0. The minimum atomic E-state index is -1.22. The Hall–Kier alpha value is -1.46. The number of tetrazole rings is 1. The van der Waals surface area contributed by atoms with Crippen LogP contribution < -0.4 is 5.32 Å². The molecule has 2 aromatic heterocycles. The van der Waals surface area contributed by atoms with Gasteiger partial charge in [-0.15, -0.1) is 28.2 Å². The van der Waals surface area contributed by atoms with Crippen LogP contribution in [0.3, 0.4) is 0 Å². The van der Waals surface area contributed by atoms with Crippen molar-refractivity contribution in [2.24, 2.45) is 0 Å². The van der Waals surface area contributed by atoms with Crippen molar-refractivity contribution in [2.45, 2.75) is 35.6 Å². The Bertz CT molecular complexity index is 1080. The average Bonchev–Trinajstić information content (AvgIpc) is 3.47. The van der Waals surface area contributed by atoms with Crippen molar-refractivity contribution in [1.82, 2.24) is 30.4 Å². The second-order valence-corrected chi connectivity index (χ2v) is 10.3. The third kappa shape index (κ3) is 5.84. The Morgan fingerprint density at radius 1 is 1.38 bits per heavy atom. The van der Waals surface area contributed by atoms with Gasteiger partial charge in [0, 0.05) is 16.4 Å². The monoisotopic (exact) mass is 536 g/mol. The molecule has 12 nitrogen and oxygen atoms in total. The number of amides is 2. The second-order valence-electron chi connectivity index (χ2n) is 7.24. The Morgan fingerprint density at radius 2 is 2.18 bits per heavy atom. The molecule has 0 aromatic carbocycles. The van der Waals surface area contributed by atoms with E-state index in [-0.39, 0.29) is 59.9 Å². The molecule has 2 aliphatic heterocycles. The van der Waals surface area contributed by atoms with E-state index in [1.807, 2.05) is 17.5 Å². The first-order chi connectivity index (χ1) is 15.9. The van der Waals surface area contributed by atoms with Gasteiger partial charge in [0.15, 0.2) is 0 Å². The normalized spacial score (nSPS) is 20.3. The first-order valence-corrected chi connectivity index (χ1v) is 12.7. The van der Waals surface area contributed by atoms with Crippen LogP contribution in [-0.4, -0.2) is 123 Å². The van der Waals surface area contributed by atoms with Crippen molar-refractivity contribution < 1.29 is 29.7 Å². The van der Waals surface area contributed by atoms with Crippen molar-refractivity contribution >= 4 is 82.2 Å². The summed E-state index contributed by atoms with van der Waals surface area (Å²) >= 11 is 4.01. The molecule has 0 bridgehead atoms. The van der Waals surface area contributed by atoms with Crippen LogP contribution in [0.25, 0.3) is 0 Å². The summed E-state index contributed by atoms with van der Waals surface area (Å²) < 4.78 is 1.32. The Kier molecular flexibility index (Phi) is 9.57. The van der Waals surface area contributed by atoms with E-state index >= 15 is 0 Å². The van der Waals surface area contributed by atoms with Crippen LogP contribution in [-0.2, 0) is 27.3 Å². The molecule has 34 heavy (non-hydrogen) atoms. The van der Waals surface area contributed by atoms with E-state index < -0.39 is 36.0 Å². The maximum absolute atomic E-state index is 12.7. The summed E-state index contributed by atoms with van der Waals surface area (Å²) in [6.45, 7) is -0.455. The fourth-order valence-electron chi connectivity index (χ4n) is 3.41. The maximum atomic E-state index is 12.7. The number of hydrogen-bond acceptors (Lipinski definition) is 11. The van der Waals surface area contributed by atoms with Crippen LogP contribution in [0.15, 0.2) is 33.9 Å². The molecule has 0 radical (unpaired) electrons. The quantitative estimate of drug-likeness (QED) is 0.158. The molecule has 1 saturated heterocycles. The van der Waals surface area contributed by atoms with E-state index in [4.69, 9.17) is 5.11 Å². The van der Waals surface area contributed by atoms with E-state index in [0.717, 1.165) is 4.88 Å². The number of thiophene rings is 1. The van der Waals surface area contributed by atoms with E-state index in [1.54, 1.807) is 0 Å². The van der Waals surface area contributed by atoms with Gasteiger partial charge in [-0.25, -0.2) is 9.48 Å². The molecule has 2 amide bonds. The summed E-state index contributed by atoms with van der Waals surface area (Å²) in [7, 11) is 0. The summed E-state index contributed by atoms with van der Waals surface area (Å²) in [5.74, 6) is -1.38. The molecule has 2 unspecified atom stereocenters. The van der Waals surface area contributed by atoms with Gasteiger partial charge < -0.3 is 20.6 Å². The predicted octanol–water partition coefficient (Wildman–Crippen LogP) is -1.49. The number of thioether (sulfide) groups is 2. The van der Waals surface area contributed by atoms with Crippen LogP contribution in [0.2, 0.25) is 0 Å². The number of β-lactam (4-membered cyclic amide) rings is 1. The Balaban J connectivity index is 0.00000324. The molecule has 1 fully saturated rings. The number of carbonyl (C=O) groups is 3. The van der Waals surface area contributed by atoms with Gasteiger partial charge in [-0.3, -0.25) is 14.5 Å². The molecule has 4 rings (SSSR count). The zero-order valence-corrected chi connectivity index (χ0v) is 19.5. The van der Waals surface area contributed by atoms with Crippen molar-refractivity contribution in [3.63, 3.8) is 0 Å². The molecule has 4 heterocycles. The van der Waals surface area contributed by atoms with Crippen LogP contribution in [0.4, 0.5) is 0 Å². The van der Waals surface area contributed by atoms with E-state index in [2.05, 4.69) is 20.8 Å². The van der Waals surface area contributed by atoms with Crippen molar-refractivity contribution in [1.29, 1.82) is 0 Å². The van der Waals surface area contributed by atoms with Gasteiger partial charge in [-0.1, -0.05) is 17.8 Å². The average molecular weight is 537 g/mol. The minimum absolute atomic E-state index is 0. The molecular weight excluding hydrogens is 515 g/mol. The van der Waals surface area contributed by atoms with E-state index in [1.165, 1.54) is 44.4 Å². The molecule has 0 saturated carbocycles. The number of carbonyl (C=O) groups excluding carboxylic acids is 2. The number of carboxylic acids is 1. The molecule has 3 atom stereocenters. The van der Waals surface area contributed by atoms with E-state index in [9.17, 15) is 24.6 Å². The Morgan fingerprint density at radius 3 is 2.85 bits per heavy atom. The SMILES string of the molecule is O=C(Cc1cccs1)NC1C(=O)N2C(C(=O)O)=C(CSc3nnnn3CC(O)CO)CS[C@H]12.[NaH]. The van der Waals surface area contributed by atoms with Crippen molar-refractivity contribution in [2.75, 3.05) is 18.1 Å². The molecule has 16 heteroatoms. The van der Waals surface area contributed by atoms with Crippen LogP contribution in [0.5, 0.6) is 0 Å². The molecule has 2 aromatic rings. The number of fused-ring (bicyclic) bond motifs is 1. The summed E-state index contributed by atoms with van der Waals surface area (Å²) in [4.78, 5) is 39.1. The molecule has 178 valence electrons. The first kappa shape index (κ1) is 27.1. The number of rotatable bonds is 10. The van der Waals surface area contributed by atoms with E-state index in [0.29, 0.717) is 16.5 Å². The second kappa shape index (κ2) is 12.0. The number of nitrogens with zero attached hydrogens (tertiary/aromatic N) is 5. The number of nitrogens with one attached hydrogen (secondary N) is 1. The topological polar surface area (TPSA) is 171 Å². The molecule has 0 spiro atoms. The third-order valence-electron chi connectivity index (χ3n) is 4.95. The van der Waals surface area contributed by atoms with Gasteiger partial charge in [-0.2, -0.15) is 0 Å². The van der Waals surface area contributed by atoms with Gasteiger partial charge in [0.2, 0.25) is 11.1 Å². The van der Waals surface area contributed by atoms with Gasteiger partial charge in [0.25, 0.3) is 5.91 Å². The molecule has 0 aliphatic carbocycles. The first-order valence-electron chi connectivity index (χ1n) is 9.78. The fraction of sp³-hybridized carbons (Fsp3) is 0.444. The number of hydrogen-bond donors (Lipinski definition) is 4. The van der Waals surface area contributed by atoms with Gasteiger partial charge >= 0.3 is 35.5 Å². The third-order valence-corrected chi connectivity index (χ3v) is 8.21. The number of aliphatic hydroxyl groups excluding tert-OH is 2. The zero-order chi connectivity index (χ0) is 23.5. The van der Waals surface area contributed by atoms with Crippen LogP contribution in [0.1, 0.15) is 4.88 Å².